The van der Waals surface area contributed by atoms with Gasteiger partial charge in [-0.05, 0) is 30.5 Å². The first-order chi connectivity index (χ1) is 12.2. The number of nitrogens with one attached hydrogen (secondary N) is 1. The molecule has 3 aromatic rings. The van der Waals surface area contributed by atoms with Crippen LogP contribution in [0.25, 0.3) is 5.65 Å². The van der Waals surface area contributed by atoms with E-state index in [1.165, 1.54) is 0 Å². The largest absolute Gasteiger partial charge is 0.356 e. The van der Waals surface area contributed by atoms with Gasteiger partial charge in [0.2, 0.25) is 5.91 Å². The van der Waals surface area contributed by atoms with Crippen molar-refractivity contribution in [2.75, 3.05) is 6.54 Å². The van der Waals surface area contributed by atoms with Gasteiger partial charge < -0.3 is 9.72 Å². The number of aryl methyl sites for hydroxylation is 1. The third-order valence-corrected chi connectivity index (χ3v) is 4.56. The van der Waals surface area contributed by atoms with Gasteiger partial charge in [0.25, 0.3) is 0 Å². The summed E-state index contributed by atoms with van der Waals surface area (Å²) in [6, 6.07) is 14.3. The van der Waals surface area contributed by atoms with Crippen molar-refractivity contribution in [2.24, 2.45) is 0 Å². The number of hydrogen-bond donors (Lipinski definition) is 1. The normalized spacial score (nSPS) is 12.2. The van der Waals surface area contributed by atoms with E-state index in [1.54, 1.807) is 0 Å². The maximum atomic E-state index is 12.5. The summed E-state index contributed by atoms with van der Waals surface area (Å²) in [5, 5.41) is 3.04. The molecule has 2 heterocycles. The van der Waals surface area contributed by atoms with Gasteiger partial charge in [0.15, 0.2) is 0 Å². The number of benzene rings is 1. The zero-order chi connectivity index (χ0) is 17.6. The van der Waals surface area contributed by atoms with E-state index in [-0.39, 0.29) is 11.8 Å². The fraction of sp³-hybridized carbons (Fsp3) is 0.333. The number of rotatable bonds is 7. The highest BCUT2D eigenvalue weighted by Crippen LogP contribution is 2.29. The van der Waals surface area contributed by atoms with Crippen LogP contribution in [0.15, 0.2) is 54.9 Å². The van der Waals surface area contributed by atoms with Gasteiger partial charge in [-0.15, -0.1) is 0 Å². The molecule has 0 fully saturated rings. The van der Waals surface area contributed by atoms with Gasteiger partial charge in [0.05, 0.1) is 5.69 Å². The lowest BCUT2D eigenvalue weighted by Crippen LogP contribution is -2.26. The number of carbonyl (C=O) groups excluding carboxylic acids is 1. The summed E-state index contributed by atoms with van der Waals surface area (Å²) in [5.74, 6) is 0.0736. The average Bonchev–Trinajstić information content (AvgIpc) is 3.06. The monoisotopic (exact) mass is 335 g/mol. The van der Waals surface area contributed by atoms with Crippen molar-refractivity contribution in [3.63, 3.8) is 0 Å². The molecule has 1 atom stereocenters. The van der Waals surface area contributed by atoms with Gasteiger partial charge in [0.1, 0.15) is 5.65 Å². The fourth-order valence-corrected chi connectivity index (χ4v) is 3.17. The van der Waals surface area contributed by atoms with Crippen LogP contribution in [-0.2, 0) is 4.79 Å². The molecule has 0 aliphatic rings. The van der Waals surface area contributed by atoms with Gasteiger partial charge >= 0.3 is 0 Å². The summed E-state index contributed by atoms with van der Waals surface area (Å²) in [7, 11) is 0. The van der Waals surface area contributed by atoms with Crippen molar-refractivity contribution >= 4 is 11.6 Å². The van der Waals surface area contributed by atoms with Crippen molar-refractivity contribution < 1.29 is 4.79 Å². The lowest BCUT2D eigenvalue weighted by Gasteiger charge is -2.17. The molecule has 4 nitrogen and oxygen atoms in total. The zero-order valence-electron chi connectivity index (χ0n) is 14.9. The molecule has 130 valence electrons. The molecule has 1 N–H and O–H groups in total. The van der Waals surface area contributed by atoms with Crippen LogP contribution in [0.1, 0.15) is 48.9 Å². The number of unbranched alkanes of at least 4 members (excludes halogenated alkanes) is 1. The van der Waals surface area contributed by atoms with Crippen LogP contribution in [0.3, 0.4) is 0 Å². The topological polar surface area (TPSA) is 46.4 Å². The van der Waals surface area contributed by atoms with E-state index in [0.717, 1.165) is 41.9 Å². The van der Waals surface area contributed by atoms with Crippen LogP contribution in [0, 0.1) is 6.92 Å². The predicted molar refractivity (Wildman–Crippen MR) is 101 cm³/mol. The van der Waals surface area contributed by atoms with Gasteiger partial charge in [-0.1, -0.05) is 49.7 Å². The van der Waals surface area contributed by atoms with E-state index < -0.39 is 0 Å². The maximum absolute atomic E-state index is 12.5. The first-order valence-corrected chi connectivity index (χ1v) is 8.95. The Balaban J connectivity index is 1.93. The van der Waals surface area contributed by atoms with E-state index in [9.17, 15) is 4.79 Å². The second-order valence-electron chi connectivity index (χ2n) is 6.44. The molecule has 0 bridgehead atoms. The molecule has 1 amide bonds. The summed E-state index contributed by atoms with van der Waals surface area (Å²) >= 11 is 0. The molecule has 2 aromatic heterocycles. The van der Waals surface area contributed by atoms with Crippen molar-refractivity contribution in [2.45, 2.75) is 39.0 Å². The molecular weight excluding hydrogens is 310 g/mol. The number of hydrogen-bond acceptors (Lipinski definition) is 2. The number of fused-ring (bicyclic) bond motifs is 1. The Morgan fingerprint density at radius 3 is 2.76 bits per heavy atom. The summed E-state index contributed by atoms with van der Waals surface area (Å²) in [5.41, 5.74) is 4.27. The lowest BCUT2D eigenvalue weighted by molar-refractivity contribution is -0.121. The number of carbonyl (C=O) groups is 1. The number of aromatic nitrogens is 2. The van der Waals surface area contributed by atoms with E-state index in [1.807, 2.05) is 36.7 Å². The van der Waals surface area contributed by atoms with Crippen molar-refractivity contribution in [1.82, 2.24) is 14.7 Å². The Kier molecular flexibility index (Phi) is 5.49. The summed E-state index contributed by atoms with van der Waals surface area (Å²) in [6.07, 6.45) is 6.44. The van der Waals surface area contributed by atoms with Crippen molar-refractivity contribution in [1.29, 1.82) is 0 Å². The van der Waals surface area contributed by atoms with Crippen LogP contribution in [0.5, 0.6) is 0 Å². The number of pyridine rings is 1. The minimum Gasteiger partial charge on any atom is -0.356 e. The molecule has 0 saturated heterocycles. The van der Waals surface area contributed by atoms with E-state index >= 15 is 0 Å². The summed E-state index contributed by atoms with van der Waals surface area (Å²) < 4.78 is 2.10. The molecule has 0 aliphatic carbocycles. The lowest BCUT2D eigenvalue weighted by atomic mass is 9.92. The highest BCUT2D eigenvalue weighted by molar-refractivity contribution is 5.77. The first kappa shape index (κ1) is 17.2. The zero-order valence-corrected chi connectivity index (χ0v) is 14.9. The average molecular weight is 335 g/mol. The minimum atomic E-state index is -0.0142. The van der Waals surface area contributed by atoms with Crippen LogP contribution in [-0.4, -0.2) is 21.8 Å². The minimum absolute atomic E-state index is 0.0142. The van der Waals surface area contributed by atoms with E-state index in [2.05, 4.69) is 46.7 Å². The Labute approximate surface area is 148 Å². The molecule has 1 unspecified atom stereocenters. The third-order valence-electron chi connectivity index (χ3n) is 4.56. The first-order valence-electron chi connectivity index (χ1n) is 8.95. The molecule has 3 rings (SSSR count). The summed E-state index contributed by atoms with van der Waals surface area (Å²) in [4.78, 5) is 17.0. The Morgan fingerprint density at radius 2 is 2.00 bits per heavy atom. The Hall–Kier alpha value is -2.62. The van der Waals surface area contributed by atoms with E-state index in [4.69, 9.17) is 0 Å². The smallest absolute Gasteiger partial charge is 0.221 e. The third kappa shape index (κ3) is 3.90. The fourth-order valence-electron chi connectivity index (χ4n) is 3.17. The number of amides is 1. The molecule has 0 spiro atoms. The number of nitrogens with zero attached hydrogens (tertiary/aromatic N) is 2. The summed E-state index contributed by atoms with van der Waals surface area (Å²) in [6.45, 7) is 4.92. The molecular formula is C21H25N3O. The molecule has 0 aliphatic heterocycles. The van der Waals surface area contributed by atoms with E-state index in [0.29, 0.717) is 6.42 Å². The van der Waals surface area contributed by atoms with Crippen LogP contribution in [0.4, 0.5) is 0 Å². The maximum Gasteiger partial charge on any atom is 0.221 e. The molecule has 0 radical (unpaired) electrons. The van der Waals surface area contributed by atoms with Crippen molar-refractivity contribution in [3.8, 4) is 0 Å². The Morgan fingerprint density at radius 1 is 1.20 bits per heavy atom. The second kappa shape index (κ2) is 7.97. The molecule has 0 saturated carbocycles. The second-order valence-corrected chi connectivity index (χ2v) is 6.44. The van der Waals surface area contributed by atoms with Gasteiger partial charge in [-0.3, -0.25) is 4.79 Å². The highest BCUT2D eigenvalue weighted by atomic mass is 16.1. The highest BCUT2D eigenvalue weighted by Gasteiger charge is 2.21. The predicted octanol–water partition coefficient (Wildman–Crippen LogP) is 4.08. The molecule has 25 heavy (non-hydrogen) atoms. The van der Waals surface area contributed by atoms with Gasteiger partial charge in [-0.25, -0.2) is 4.98 Å². The SMILES string of the molecule is CCCCNC(=O)CC(c1ccccc1)c1cnc2c(C)cccn12. The number of imidazole rings is 1. The van der Waals surface area contributed by atoms with Gasteiger partial charge in [0, 0.05) is 31.3 Å². The standard InChI is InChI=1S/C21H25N3O/c1-3-4-12-22-20(25)14-18(17-10-6-5-7-11-17)19-15-23-21-16(2)9-8-13-24(19)21/h5-11,13,15,18H,3-4,12,14H2,1-2H3,(H,22,25). The molecule has 1 aromatic carbocycles. The van der Waals surface area contributed by atoms with Crippen molar-refractivity contribution in [3.05, 3.63) is 71.7 Å². The van der Waals surface area contributed by atoms with Crippen LogP contribution >= 0.6 is 0 Å². The van der Waals surface area contributed by atoms with Gasteiger partial charge in [-0.2, -0.15) is 0 Å². The van der Waals surface area contributed by atoms with Crippen LogP contribution in [0.2, 0.25) is 0 Å². The molecule has 4 heteroatoms. The van der Waals surface area contributed by atoms with Crippen LogP contribution < -0.4 is 5.32 Å². The quantitative estimate of drug-likeness (QED) is 0.661. The Bertz CT molecular complexity index is 839.